The van der Waals surface area contributed by atoms with Crippen LogP contribution in [0.5, 0.6) is 0 Å². The first-order valence-corrected chi connectivity index (χ1v) is 8.46. The van der Waals surface area contributed by atoms with E-state index in [9.17, 15) is 14.5 Å². The van der Waals surface area contributed by atoms with Crippen molar-refractivity contribution in [3.63, 3.8) is 0 Å². The van der Waals surface area contributed by atoms with Gasteiger partial charge in [0, 0.05) is 17.3 Å². The molecule has 0 spiro atoms. The lowest BCUT2D eigenvalue weighted by Crippen LogP contribution is -2.25. The van der Waals surface area contributed by atoms with E-state index in [0.29, 0.717) is 12.1 Å². The van der Waals surface area contributed by atoms with Crippen LogP contribution in [-0.2, 0) is 13.0 Å². The molecule has 4 rings (SSSR count). The Morgan fingerprint density at radius 1 is 1.00 bits per heavy atom. The van der Waals surface area contributed by atoms with Crippen LogP contribution in [0.2, 0.25) is 0 Å². The molecule has 0 fully saturated rings. The molecule has 0 saturated heterocycles. The van der Waals surface area contributed by atoms with Gasteiger partial charge in [0.1, 0.15) is 5.82 Å². The summed E-state index contributed by atoms with van der Waals surface area (Å²) in [5.74, 6) is -0.269. The number of hydrogen-bond acceptors (Lipinski definition) is 3. The lowest BCUT2D eigenvalue weighted by molar-refractivity contribution is -0.385. The van der Waals surface area contributed by atoms with Gasteiger partial charge in [-0.05, 0) is 35.7 Å². The molecular formula is C21H17FN2O2. The maximum Gasteiger partial charge on any atom is 0.274 e. The van der Waals surface area contributed by atoms with Crippen LogP contribution in [-0.4, -0.2) is 4.92 Å². The summed E-state index contributed by atoms with van der Waals surface area (Å²) in [7, 11) is 0. The zero-order chi connectivity index (χ0) is 18.1. The number of para-hydroxylation sites is 2. The number of nitro benzene ring substituents is 1. The van der Waals surface area contributed by atoms with Crippen LogP contribution in [0.15, 0.2) is 72.8 Å². The second kappa shape index (κ2) is 6.59. The van der Waals surface area contributed by atoms with Gasteiger partial charge in [0.25, 0.3) is 5.69 Å². The number of nitrogens with zero attached hydrogens (tertiary/aromatic N) is 2. The molecule has 5 heteroatoms. The molecule has 0 aromatic heterocycles. The first-order chi connectivity index (χ1) is 12.6. The van der Waals surface area contributed by atoms with Gasteiger partial charge in [0.2, 0.25) is 0 Å². The summed E-state index contributed by atoms with van der Waals surface area (Å²) in [6.07, 6.45) is 0.794. The van der Waals surface area contributed by atoms with Gasteiger partial charge in [0.15, 0.2) is 0 Å². The fourth-order valence-corrected chi connectivity index (χ4v) is 3.63. The monoisotopic (exact) mass is 348 g/mol. The molecule has 1 atom stereocenters. The molecule has 0 aliphatic carbocycles. The number of hydrogen-bond donors (Lipinski definition) is 0. The van der Waals surface area contributed by atoms with Crippen molar-refractivity contribution in [2.24, 2.45) is 0 Å². The maximum absolute atomic E-state index is 13.3. The van der Waals surface area contributed by atoms with Gasteiger partial charge in [-0.3, -0.25) is 10.1 Å². The minimum Gasteiger partial charge on any atom is -0.359 e. The van der Waals surface area contributed by atoms with E-state index >= 15 is 0 Å². The van der Waals surface area contributed by atoms with Crippen molar-refractivity contribution in [1.29, 1.82) is 0 Å². The Kier molecular flexibility index (Phi) is 4.13. The predicted molar refractivity (Wildman–Crippen MR) is 98.6 cm³/mol. The van der Waals surface area contributed by atoms with E-state index in [2.05, 4.69) is 11.0 Å². The average molecular weight is 348 g/mol. The van der Waals surface area contributed by atoms with E-state index in [4.69, 9.17) is 0 Å². The van der Waals surface area contributed by atoms with Crippen LogP contribution < -0.4 is 4.90 Å². The molecule has 130 valence electrons. The van der Waals surface area contributed by atoms with Gasteiger partial charge in [0.05, 0.1) is 17.5 Å². The van der Waals surface area contributed by atoms with Crippen LogP contribution in [0.1, 0.15) is 22.7 Å². The van der Waals surface area contributed by atoms with Gasteiger partial charge in [-0.1, -0.05) is 48.5 Å². The number of fused-ring (bicyclic) bond motifs is 1. The van der Waals surface area contributed by atoms with E-state index in [1.54, 1.807) is 24.3 Å². The molecule has 26 heavy (non-hydrogen) atoms. The van der Waals surface area contributed by atoms with Gasteiger partial charge in [-0.25, -0.2) is 4.39 Å². The minimum atomic E-state index is -0.343. The highest BCUT2D eigenvalue weighted by Crippen LogP contribution is 2.41. The van der Waals surface area contributed by atoms with Crippen molar-refractivity contribution in [1.82, 2.24) is 0 Å². The van der Waals surface area contributed by atoms with Gasteiger partial charge < -0.3 is 4.90 Å². The third kappa shape index (κ3) is 2.92. The Balaban J connectivity index is 1.75. The highest BCUT2D eigenvalue weighted by Gasteiger charge is 2.31. The summed E-state index contributed by atoms with van der Waals surface area (Å²) in [6.45, 7) is 0.427. The molecule has 0 radical (unpaired) electrons. The topological polar surface area (TPSA) is 46.4 Å². The lowest BCUT2D eigenvalue weighted by atomic mass is 10.0. The summed E-state index contributed by atoms with van der Waals surface area (Å²) in [5, 5.41) is 11.4. The Labute approximate surface area is 150 Å². The van der Waals surface area contributed by atoms with E-state index in [1.807, 2.05) is 24.3 Å². The first kappa shape index (κ1) is 16.3. The Morgan fingerprint density at radius 3 is 2.46 bits per heavy atom. The van der Waals surface area contributed by atoms with Crippen molar-refractivity contribution in [2.45, 2.75) is 19.0 Å². The summed E-state index contributed by atoms with van der Waals surface area (Å²) in [6, 6.07) is 21.4. The van der Waals surface area contributed by atoms with Gasteiger partial charge in [-0.15, -0.1) is 0 Å². The Bertz CT molecular complexity index is 956. The molecule has 1 aliphatic rings. The van der Waals surface area contributed by atoms with Crippen LogP contribution in [0.4, 0.5) is 15.8 Å². The molecule has 0 unspecified atom stereocenters. The number of anilines is 1. The zero-order valence-corrected chi connectivity index (χ0v) is 14.0. The standard InChI is InChI=1S/C21H17FN2O2/c22-18-11-9-15(10-12-18)21-13-16-5-1-3-7-19(16)23(21)14-17-6-2-4-8-20(17)24(25)26/h1-12,21H,13-14H2/t21-/m0/s1. The van der Waals surface area contributed by atoms with E-state index in [1.165, 1.54) is 23.8 Å². The predicted octanol–water partition coefficient (Wildman–Crippen LogP) is 5.04. The highest BCUT2D eigenvalue weighted by atomic mass is 19.1. The van der Waals surface area contributed by atoms with Gasteiger partial charge >= 0.3 is 0 Å². The van der Waals surface area contributed by atoms with E-state index in [0.717, 1.165) is 17.7 Å². The zero-order valence-electron chi connectivity index (χ0n) is 14.0. The average Bonchev–Trinajstić information content (AvgIpc) is 3.01. The fourth-order valence-electron chi connectivity index (χ4n) is 3.63. The number of halogens is 1. The minimum absolute atomic E-state index is 0.0211. The Hall–Kier alpha value is -3.21. The molecule has 0 bridgehead atoms. The summed E-state index contributed by atoms with van der Waals surface area (Å²) in [5.41, 5.74) is 4.05. The van der Waals surface area contributed by atoms with Crippen molar-refractivity contribution in [3.05, 3.63) is 105 Å². The quantitative estimate of drug-likeness (QED) is 0.490. The molecule has 4 nitrogen and oxygen atoms in total. The van der Waals surface area contributed by atoms with Crippen LogP contribution in [0.3, 0.4) is 0 Å². The lowest BCUT2D eigenvalue weighted by Gasteiger charge is -2.28. The fraction of sp³-hybridized carbons (Fsp3) is 0.143. The molecule has 1 aliphatic heterocycles. The van der Waals surface area contributed by atoms with Crippen LogP contribution >= 0.6 is 0 Å². The van der Waals surface area contributed by atoms with Crippen molar-refractivity contribution < 1.29 is 9.31 Å². The largest absolute Gasteiger partial charge is 0.359 e. The molecule has 1 heterocycles. The summed E-state index contributed by atoms with van der Waals surface area (Å²) < 4.78 is 13.3. The SMILES string of the molecule is O=[N+]([O-])c1ccccc1CN1c2ccccc2C[C@H]1c1ccc(F)cc1. The maximum atomic E-state index is 13.3. The van der Waals surface area contributed by atoms with Crippen molar-refractivity contribution in [3.8, 4) is 0 Å². The Morgan fingerprint density at radius 2 is 1.69 bits per heavy atom. The number of rotatable bonds is 4. The van der Waals surface area contributed by atoms with Crippen LogP contribution in [0.25, 0.3) is 0 Å². The van der Waals surface area contributed by atoms with Gasteiger partial charge in [-0.2, -0.15) is 0 Å². The number of benzene rings is 3. The summed E-state index contributed by atoms with van der Waals surface area (Å²) >= 11 is 0. The molecule has 0 N–H and O–H groups in total. The third-order valence-corrected chi connectivity index (χ3v) is 4.87. The first-order valence-electron chi connectivity index (χ1n) is 8.46. The van der Waals surface area contributed by atoms with E-state index in [-0.39, 0.29) is 22.5 Å². The molecular weight excluding hydrogens is 331 g/mol. The number of nitro groups is 1. The van der Waals surface area contributed by atoms with Crippen molar-refractivity contribution in [2.75, 3.05) is 4.90 Å². The normalized spacial score (nSPS) is 15.7. The molecule has 0 amide bonds. The smallest absolute Gasteiger partial charge is 0.274 e. The third-order valence-electron chi connectivity index (χ3n) is 4.87. The second-order valence-corrected chi connectivity index (χ2v) is 6.41. The van der Waals surface area contributed by atoms with Crippen molar-refractivity contribution >= 4 is 11.4 Å². The highest BCUT2D eigenvalue weighted by molar-refractivity contribution is 5.61. The van der Waals surface area contributed by atoms with E-state index < -0.39 is 0 Å². The molecule has 0 saturated carbocycles. The molecule has 3 aromatic rings. The molecule has 3 aromatic carbocycles. The summed E-state index contributed by atoms with van der Waals surface area (Å²) in [4.78, 5) is 13.2. The van der Waals surface area contributed by atoms with Crippen LogP contribution in [0, 0.1) is 15.9 Å². The second-order valence-electron chi connectivity index (χ2n) is 6.41.